The van der Waals surface area contributed by atoms with Gasteiger partial charge in [0, 0.05) is 6.07 Å². The number of hydrogen-bond acceptors (Lipinski definition) is 4. The van der Waals surface area contributed by atoms with Crippen LogP contribution in [0.4, 0.5) is 5.69 Å². The van der Waals surface area contributed by atoms with Crippen molar-refractivity contribution in [2.24, 2.45) is 0 Å². The van der Waals surface area contributed by atoms with E-state index in [0.29, 0.717) is 22.9 Å². The molecular formula is C21H27NO4. The molecule has 1 unspecified atom stereocenters. The molecule has 0 aliphatic rings. The maximum Gasteiger partial charge on any atom is 0.265 e. The van der Waals surface area contributed by atoms with Crippen LogP contribution >= 0.6 is 0 Å². The molecule has 5 nitrogen and oxygen atoms in total. The molecule has 1 amide bonds. The van der Waals surface area contributed by atoms with Gasteiger partial charge in [-0.1, -0.05) is 32.9 Å². The Morgan fingerprint density at radius 3 is 2.12 bits per heavy atom. The van der Waals surface area contributed by atoms with E-state index in [1.165, 1.54) is 5.56 Å². The quantitative estimate of drug-likeness (QED) is 0.832. The number of methoxy groups -OCH3 is 2. The molecule has 1 N–H and O–H groups in total. The van der Waals surface area contributed by atoms with Crippen LogP contribution in [-0.4, -0.2) is 26.2 Å². The smallest absolute Gasteiger partial charge is 0.265 e. The average molecular weight is 357 g/mol. The first-order valence-corrected chi connectivity index (χ1v) is 8.54. The lowest BCUT2D eigenvalue weighted by molar-refractivity contribution is -0.122. The normalized spacial score (nSPS) is 12.2. The maximum atomic E-state index is 12.4. The predicted molar refractivity (Wildman–Crippen MR) is 103 cm³/mol. The molecule has 140 valence electrons. The third-order valence-electron chi connectivity index (χ3n) is 4.07. The highest BCUT2D eigenvalue weighted by Gasteiger charge is 2.18. The van der Waals surface area contributed by atoms with Gasteiger partial charge in [-0.3, -0.25) is 4.79 Å². The lowest BCUT2D eigenvalue weighted by Gasteiger charge is -2.20. The van der Waals surface area contributed by atoms with Gasteiger partial charge in [-0.05, 0) is 42.2 Å². The van der Waals surface area contributed by atoms with E-state index in [1.807, 2.05) is 24.3 Å². The van der Waals surface area contributed by atoms with Crippen LogP contribution in [0.1, 0.15) is 33.3 Å². The number of ether oxygens (including phenoxy) is 3. The summed E-state index contributed by atoms with van der Waals surface area (Å²) in [4.78, 5) is 12.4. The first kappa shape index (κ1) is 19.6. The van der Waals surface area contributed by atoms with Crippen molar-refractivity contribution in [1.82, 2.24) is 0 Å². The minimum Gasteiger partial charge on any atom is -0.497 e. The van der Waals surface area contributed by atoms with Gasteiger partial charge in [-0.25, -0.2) is 0 Å². The van der Waals surface area contributed by atoms with Gasteiger partial charge < -0.3 is 19.5 Å². The van der Waals surface area contributed by atoms with Crippen LogP contribution in [0.5, 0.6) is 17.2 Å². The molecule has 0 spiro atoms. The number of benzene rings is 2. The Balaban J connectivity index is 2.04. The highest BCUT2D eigenvalue weighted by atomic mass is 16.5. The van der Waals surface area contributed by atoms with E-state index in [-0.39, 0.29) is 11.3 Å². The molecule has 0 radical (unpaired) electrons. The number of nitrogens with one attached hydrogen (secondary N) is 1. The topological polar surface area (TPSA) is 56.8 Å². The third kappa shape index (κ3) is 4.91. The van der Waals surface area contributed by atoms with Crippen molar-refractivity contribution >= 4 is 11.6 Å². The number of rotatable bonds is 6. The molecule has 0 bridgehead atoms. The second-order valence-electron chi connectivity index (χ2n) is 7.09. The highest BCUT2D eigenvalue weighted by molar-refractivity contribution is 5.95. The molecule has 0 saturated carbocycles. The van der Waals surface area contributed by atoms with E-state index >= 15 is 0 Å². The Kier molecular flexibility index (Phi) is 6.14. The van der Waals surface area contributed by atoms with Gasteiger partial charge in [0.25, 0.3) is 5.91 Å². The Bertz CT molecular complexity index is 748. The van der Waals surface area contributed by atoms with Gasteiger partial charge >= 0.3 is 0 Å². The molecule has 2 aromatic carbocycles. The van der Waals surface area contributed by atoms with Crippen LogP contribution in [0.2, 0.25) is 0 Å². The number of amides is 1. The fraction of sp³-hybridized carbons (Fsp3) is 0.381. The predicted octanol–water partition coefficient (Wildman–Crippen LogP) is 4.41. The molecule has 26 heavy (non-hydrogen) atoms. The van der Waals surface area contributed by atoms with Crippen molar-refractivity contribution in [3.8, 4) is 17.2 Å². The molecule has 0 saturated heterocycles. The van der Waals surface area contributed by atoms with Gasteiger partial charge in [0.15, 0.2) is 6.10 Å². The number of anilines is 1. The Morgan fingerprint density at radius 1 is 0.962 bits per heavy atom. The second kappa shape index (κ2) is 8.13. The largest absolute Gasteiger partial charge is 0.497 e. The zero-order chi connectivity index (χ0) is 19.3. The summed E-state index contributed by atoms with van der Waals surface area (Å²) in [5.41, 5.74) is 1.86. The molecule has 0 aliphatic heterocycles. The fourth-order valence-electron chi connectivity index (χ4n) is 2.43. The number of carbonyl (C=O) groups is 1. The van der Waals surface area contributed by atoms with Gasteiger partial charge in [0.2, 0.25) is 0 Å². The lowest BCUT2D eigenvalue weighted by atomic mass is 9.87. The highest BCUT2D eigenvalue weighted by Crippen LogP contribution is 2.29. The first-order chi connectivity index (χ1) is 12.2. The monoisotopic (exact) mass is 357 g/mol. The summed E-state index contributed by atoms with van der Waals surface area (Å²) in [6.07, 6.45) is -0.651. The van der Waals surface area contributed by atoms with E-state index in [9.17, 15) is 4.79 Å². The summed E-state index contributed by atoms with van der Waals surface area (Å²) in [5, 5.41) is 2.82. The summed E-state index contributed by atoms with van der Waals surface area (Å²) >= 11 is 0. The van der Waals surface area contributed by atoms with Crippen LogP contribution in [0.15, 0.2) is 42.5 Å². The number of carbonyl (C=O) groups excluding carboxylic acids is 1. The fourth-order valence-corrected chi connectivity index (χ4v) is 2.43. The van der Waals surface area contributed by atoms with Crippen LogP contribution in [0.25, 0.3) is 0 Å². The van der Waals surface area contributed by atoms with E-state index in [0.717, 1.165) is 0 Å². The molecular weight excluding hydrogens is 330 g/mol. The van der Waals surface area contributed by atoms with E-state index < -0.39 is 6.10 Å². The van der Waals surface area contributed by atoms with Gasteiger partial charge in [-0.15, -0.1) is 0 Å². The lowest BCUT2D eigenvalue weighted by Crippen LogP contribution is -2.30. The minimum atomic E-state index is -0.651. The summed E-state index contributed by atoms with van der Waals surface area (Å²) in [6, 6.07) is 13.0. The molecule has 0 aromatic heterocycles. The van der Waals surface area contributed by atoms with Crippen molar-refractivity contribution < 1.29 is 19.0 Å². The van der Waals surface area contributed by atoms with E-state index in [2.05, 4.69) is 26.1 Å². The molecule has 0 fully saturated rings. The maximum absolute atomic E-state index is 12.4. The standard InChI is InChI=1S/C21H27NO4/c1-14(26-16-9-7-15(8-10-16)21(2,3)4)20(23)22-18-12-11-17(24-5)13-19(18)25-6/h7-14H,1-6H3,(H,22,23). The van der Waals surface area contributed by atoms with Crippen molar-refractivity contribution in [1.29, 1.82) is 0 Å². The van der Waals surface area contributed by atoms with Crippen LogP contribution in [0.3, 0.4) is 0 Å². The SMILES string of the molecule is COc1ccc(NC(=O)C(C)Oc2ccc(C(C)(C)C)cc2)c(OC)c1. The van der Waals surface area contributed by atoms with Crippen molar-refractivity contribution in [2.45, 2.75) is 39.2 Å². The summed E-state index contributed by atoms with van der Waals surface area (Å²) in [6.45, 7) is 8.17. The third-order valence-corrected chi connectivity index (χ3v) is 4.07. The van der Waals surface area contributed by atoms with Crippen LogP contribution < -0.4 is 19.5 Å². The van der Waals surface area contributed by atoms with Crippen molar-refractivity contribution in [3.05, 3.63) is 48.0 Å². The number of hydrogen-bond donors (Lipinski definition) is 1. The first-order valence-electron chi connectivity index (χ1n) is 8.54. The zero-order valence-corrected chi connectivity index (χ0v) is 16.3. The Hall–Kier alpha value is -2.69. The molecule has 5 heteroatoms. The molecule has 2 rings (SSSR count). The minimum absolute atomic E-state index is 0.0758. The molecule has 2 aromatic rings. The van der Waals surface area contributed by atoms with E-state index in [1.54, 1.807) is 39.3 Å². The van der Waals surface area contributed by atoms with Crippen molar-refractivity contribution in [3.63, 3.8) is 0 Å². The van der Waals surface area contributed by atoms with Crippen molar-refractivity contribution in [2.75, 3.05) is 19.5 Å². The second-order valence-corrected chi connectivity index (χ2v) is 7.09. The van der Waals surface area contributed by atoms with Crippen LogP contribution in [0, 0.1) is 0 Å². The Morgan fingerprint density at radius 2 is 1.58 bits per heavy atom. The Labute approximate surface area is 155 Å². The van der Waals surface area contributed by atoms with Crippen LogP contribution in [-0.2, 0) is 10.2 Å². The molecule has 0 aliphatic carbocycles. The van der Waals surface area contributed by atoms with Gasteiger partial charge in [0.1, 0.15) is 17.2 Å². The zero-order valence-electron chi connectivity index (χ0n) is 16.3. The summed E-state index contributed by atoms with van der Waals surface area (Å²) in [7, 11) is 3.12. The van der Waals surface area contributed by atoms with Gasteiger partial charge in [-0.2, -0.15) is 0 Å². The average Bonchev–Trinajstić information content (AvgIpc) is 2.61. The molecule has 1 atom stereocenters. The summed E-state index contributed by atoms with van der Waals surface area (Å²) < 4.78 is 16.2. The van der Waals surface area contributed by atoms with Gasteiger partial charge in [0.05, 0.1) is 19.9 Å². The summed E-state index contributed by atoms with van der Waals surface area (Å²) in [5.74, 6) is 1.58. The molecule has 0 heterocycles. The van der Waals surface area contributed by atoms with E-state index in [4.69, 9.17) is 14.2 Å².